The predicted octanol–water partition coefficient (Wildman–Crippen LogP) is 1.59. The Balaban J connectivity index is 1.40. The number of anilines is 1. The molecule has 2 saturated heterocycles. The van der Waals surface area contributed by atoms with Gasteiger partial charge in [-0.15, -0.1) is 0 Å². The predicted molar refractivity (Wildman–Crippen MR) is 107 cm³/mol. The van der Waals surface area contributed by atoms with Crippen molar-refractivity contribution in [3.8, 4) is 5.75 Å². The van der Waals surface area contributed by atoms with E-state index in [4.69, 9.17) is 14.2 Å². The van der Waals surface area contributed by atoms with Crippen LogP contribution in [0.25, 0.3) is 0 Å². The van der Waals surface area contributed by atoms with Crippen LogP contribution >= 0.6 is 0 Å². The summed E-state index contributed by atoms with van der Waals surface area (Å²) in [6.07, 6.45) is 1.15. The Labute approximate surface area is 174 Å². The number of benzene rings is 1. The number of ether oxygens (including phenoxy) is 3. The van der Waals surface area contributed by atoms with Crippen molar-refractivity contribution in [2.75, 3.05) is 37.6 Å². The van der Waals surface area contributed by atoms with E-state index in [9.17, 15) is 13.2 Å². The topological polar surface area (TPSA) is 123 Å². The van der Waals surface area contributed by atoms with Crippen LogP contribution in [0, 0.1) is 0 Å². The van der Waals surface area contributed by atoms with E-state index in [-0.39, 0.29) is 16.6 Å². The normalized spacial score (nSPS) is 18.5. The zero-order valence-corrected chi connectivity index (χ0v) is 17.4. The number of aromatic amines is 1. The van der Waals surface area contributed by atoms with Gasteiger partial charge >= 0.3 is 0 Å². The summed E-state index contributed by atoms with van der Waals surface area (Å²) in [4.78, 5) is 14.4. The second-order valence-electron chi connectivity index (χ2n) is 7.08. The van der Waals surface area contributed by atoms with Crippen LogP contribution < -0.4 is 9.46 Å². The highest BCUT2D eigenvalue weighted by Gasteiger charge is 2.41. The lowest BCUT2D eigenvalue weighted by Gasteiger charge is -2.37. The van der Waals surface area contributed by atoms with E-state index in [1.165, 1.54) is 6.07 Å². The van der Waals surface area contributed by atoms with Crippen LogP contribution in [-0.2, 0) is 19.5 Å². The first-order chi connectivity index (χ1) is 14.4. The van der Waals surface area contributed by atoms with Crippen LogP contribution in [0.15, 0.2) is 35.4 Å². The molecule has 11 heteroatoms. The molecule has 2 aliphatic rings. The number of hydrogen-bond donors (Lipinski definition) is 2. The van der Waals surface area contributed by atoms with Crippen molar-refractivity contribution >= 4 is 21.6 Å². The molecule has 3 heterocycles. The van der Waals surface area contributed by atoms with Crippen molar-refractivity contribution in [3.05, 3.63) is 36.0 Å². The fourth-order valence-corrected chi connectivity index (χ4v) is 4.53. The van der Waals surface area contributed by atoms with Gasteiger partial charge in [-0.2, -0.15) is 13.5 Å². The van der Waals surface area contributed by atoms with Gasteiger partial charge in [-0.05, 0) is 31.2 Å². The lowest BCUT2D eigenvalue weighted by atomic mass is 10.0. The molecular formula is C19H24N4O6S. The molecule has 2 N–H and O–H groups in total. The van der Waals surface area contributed by atoms with Gasteiger partial charge in [0.2, 0.25) is 0 Å². The number of nitrogens with zero attached hydrogens (tertiary/aromatic N) is 2. The van der Waals surface area contributed by atoms with E-state index in [2.05, 4.69) is 14.9 Å². The Hall–Kier alpha value is -2.63. The van der Waals surface area contributed by atoms with Gasteiger partial charge in [0, 0.05) is 37.7 Å². The Morgan fingerprint density at radius 2 is 1.90 bits per heavy atom. The summed E-state index contributed by atoms with van der Waals surface area (Å²) in [5, 5.41) is 6.17. The molecule has 0 unspecified atom stereocenters. The summed E-state index contributed by atoms with van der Waals surface area (Å²) in [5.41, 5.74) is 0.421. The number of rotatable bonds is 6. The molecule has 2 aliphatic heterocycles. The summed E-state index contributed by atoms with van der Waals surface area (Å²) >= 11 is 0. The molecule has 0 saturated carbocycles. The highest BCUT2D eigenvalue weighted by Crippen LogP contribution is 2.31. The third-order valence-electron chi connectivity index (χ3n) is 5.11. The van der Waals surface area contributed by atoms with Crippen molar-refractivity contribution in [3.63, 3.8) is 0 Å². The van der Waals surface area contributed by atoms with Crippen LogP contribution in [0.5, 0.6) is 5.75 Å². The van der Waals surface area contributed by atoms with Gasteiger partial charge in [0.1, 0.15) is 5.75 Å². The number of H-pyrrole nitrogens is 1. The van der Waals surface area contributed by atoms with Gasteiger partial charge < -0.3 is 19.1 Å². The zero-order chi connectivity index (χ0) is 21.2. The number of hydrogen-bond acceptors (Lipinski definition) is 7. The number of likely N-dealkylation sites (tertiary alicyclic amines) is 1. The Morgan fingerprint density at radius 1 is 1.23 bits per heavy atom. The second kappa shape index (κ2) is 8.25. The first kappa shape index (κ1) is 20.6. The number of piperidine rings is 1. The number of carbonyl (C=O) groups is 1. The smallest absolute Gasteiger partial charge is 0.278 e. The quantitative estimate of drug-likeness (QED) is 0.705. The maximum Gasteiger partial charge on any atom is 0.278 e. The molecule has 1 aromatic heterocycles. The van der Waals surface area contributed by atoms with Crippen LogP contribution in [0.1, 0.15) is 30.3 Å². The fourth-order valence-electron chi connectivity index (χ4n) is 3.55. The van der Waals surface area contributed by atoms with E-state index in [1.807, 2.05) is 6.92 Å². The molecule has 0 atom stereocenters. The van der Waals surface area contributed by atoms with E-state index in [1.54, 1.807) is 29.2 Å². The van der Waals surface area contributed by atoms with Gasteiger partial charge in [-0.1, -0.05) is 0 Å². The SMILES string of the molecule is CCOc1ccc(NS(=O)(=O)c2cc(C(=O)N3CCC4(CC3)OCCO4)n[nH]2)cc1. The van der Waals surface area contributed by atoms with Crippen LogP contribution in [0.2, 0.25) is 0 Å². The maximum atomic E-state index is 12.7. The molecule has 162 valence electrons. The lowest BCUT2D eigenvalue weighted by molar-refractivity contribution is -0.181. The molecule has 0 radical (unpaired) electrons. The van der Waals surface area contributed by atoms with Gasteiger partial charge in [0.15, 0.2) is 16.5 Å². The molecule has 30 heavy (non-hydrogen) atoms. The molecule has 1 aromatic carbocycles. The highest BCUT2D eigenvalue weighted by molar-refractivity contribution is 7.92. The molecule has 2 fully saturated rings. The first-order valence-electron chi connectivity index (χ1n) is 9.79. The van der Waals surface area contributed by atoms with Crippen LogP contribution in [0.3, 0.4) is 0 Å². The Morgan fingerprint density at radius 3 is 2.53 bits per heavy atom. The maximum absolute atomic E-state index is 12.7. The molecule has 0 aliphatic carbocycles. The molecule has 10 nitrogen and oxygen atoms in total. The van der Waals surface area contributed by atoms with Gasteiger partial charge in [0.25, 0.3) is 15.9 Å². The molecule has 4 rings (SSSR count). The summed E-state index contributed by atoms with van der Waals surface area (Å²) in [6, 6.07) is 7.78. The number of amides is 1. The van der Waals surface area contributed by atoms with Gasteiger partial charge in [0.05, 0.1) is 19.8 Å². The van der Waals surface area contributed by atoms with Gasteiger partial charge in [-0.3, -0.25) is 14.6 Å². The third-order valence-corrected chi connectivity index (χ3v) is 6.40. The molecule has 2 aromatic rings. The summed E-state index contributed by atoms with van der Waals surface area (Å²) in [5.74, 6) is -0.272. The van der Waals surface area contributed by atoms with Crippen molar-refractivity contribution in [2.45, 2.75) is 30.6 Å². The van der Waals surface area contributed by atoms with Crippen molar-refractivity contribution in [2.24, 2.45) is 0 Å². The van der Waals surface area contributed by atoms with Crippen molar-refractivity contribution < 1.29 is 27.4 Å². The molecule has 1 amide bonds. The Bertz CT molecular complexity index is 988. The van der Waals surface area contributed by atoms with Crippen LogP contribution in [0.4, 0.5) is 5.69 Å². The van der Waals surface area contributed by atoms with E-state index >= 15 is 0 Å². The molecule has 0 bridgehead atoms. The number of nitrogens with one attached hydrogen (secondary N) is 2. The Kier molecular flexibility index (Phi) is 5.67. The van der Waals surface area contributed by atoms with Crippen molar-refractivity contribution in [1.82, 2.24) is 15.1 Å². The molecule has 1 spiro atoms. The molecular weight excluding hydrogens is 412 g/mol. The number of carbonyl (C=O) groups excluding carboxylic acids is 1. The van der Waals surface area contributed by atoms with E-state index < -0.39 is 15.8 Å². The summed E-state index contributed by atoms with van der Waals surface area (Å²) in [6.45, 7) is 4.43. The zero-order valence-electron chi connectivity index (χ0n) is 16.6. The van der Waals surface area contributed by atoms with E-state index in [0.717, 1.165) is 0 Å². The standard InChI is InChI=1S/C19H24N4O6S/c1-2-27-15-5-3-14(4-6-15)22-30(25,26)17-13-16(20-21-17)18(24)23-9-7-19(8-10-23)28-11-12-29-19/h3-6,13,22H,2,7-12H2,1H3,(H,20,21). The average Bonchev–Trinajstić information content (AvgIpc) is 3.40. The lowest BCUT2D eigenvalue weighted by Crippen LogP contribution is -2.47. The number of sulfonamides is 1. The number of aromatic nitrogens is 2. The first-order valence-corrected chi connectivity index (χ1v) is 11.3. The summed E-state index contributed by atoms with van der Waals surface area (Å²) < 4.78 is 44.4. The highest BCUT2D eigenvalue weighted by atomic mass is 32.2. The minimum absolute atomic E-state index is 0.0475. The fraction of sp³-hybridized carbons (Fsp3) is 0.474. The van der Waals surface area contributed by atoms with E-state index in [0.29, 0.717) is 57.2 Å². The largest absolute Gasteiger partial charge is 0.494 e. The minimum Gasteiger partial charge on any atom is -0.494 e. The summed E-state index contributed by atoms with van der Waals surface area (Å²) in [7, 11) is -3.92. The second-order valence-corrected chi connectivity index (χ2v) is 8.73. The van der Waals surface area contributed by atoms with Gasteiger partial charge in [-0.25, -0.2) is 0 Å². The monoisotopic (exact) mass is 436 g/mol. The minimum atomic E-state index is -3.92. The average molecular weight is 436 g/mol. The van der Waals surface area contributed by atoms with Crippen molar-refractivity contribution in [1.29, 1.82) is 0 Å². The third kappa shape index (κ3) is 4.27. The van der Waals surface area contributed by atoms with Crippen LogP contribution in [-0.4, -0.2) is 68.1 Å².